The topological polar surface area (TPSA) is 61.9 Å². The summed E-state index contributed by atoms with van der Waals surface area (Å²) >= 11 is 0. The van der Waals surface area contributed by atoms with Gasteiger partial charge in [-0.05, 0) is 38.3 Å². The summed E-state index contributed by atoms with van der Waals surface area (Å²) in [5.74, 6) is 0. The van der Waals surface area contributed by atoms with Gasteiger partial charge in [-0.1, -0.05) is 17.7 Å². The first-order valence-corrected chi connectivity index (χ1v) is 7.89. The molecule has 1 saturated heterocycles. The van der Waals surface area contributed by atoms with Crippen molar-refractivity contribution < 1.29 is 14.3 Å². The van der Waals surface area contributed by atoms with Crippen LogP contribution < -0.4 is 5.32 Å². The Balaban J connectivity index is 2.03. The van der Waals surface area contributed by atoms with E-state index in [0.717, 1.165) is 23.2 Å². The maximum Gasteiger partial charge on any atom is 0.409 e. The number of hydrogen-bond donors (Lipinski definition) is 1. The normalized spacial score (nSPS) is 15.1. The summed E-state index contributed by atoms with van der Waals surface area (Å²) in [6, 6.07) is 4.00. The predicted octanol–water partition coefficient (Wildman–Crippen LogP) is 2.92. The van der Waals surface area contributed by atoms with E-state index in [9.17, 15) is 9.59 Å². The van der Waals surface area contributed by atoms with Crippen LogP contribution in [0.4, 0.5) is 15.3 Å². The molecule has 1 aromatic carbocycles. The molecule has 1 N–H and O–H groups in total. The standard InChI is InChI=1S/C17H25N3O3/c1-12-10-13(2)15(14(3)11-12)18-16(21)19-6-5-7-20(9-8-19)17(22)23-4/h10-11H,5-9H2,1-4H3,(H,18,21). The van der Waals surface area contributed by atoms with Gasteiger partial charge in [0.05, 0.1) is 7.11 Å². The maximum atomic E-state index is 12.5. The molecule has 6 heteroatoms. The molecule has 0 bridgehead atoms. The van der Waals surface area contributed by atoms with Crippen molar-refractivity contribution >= 4 is 17.8 Å². The number of urea groups is 1. The third kappa shape index (κ3) is 4.15. The van der Waals surface area contributed by atoms with Crippen LogP contribution in [0.15, 0.2) is 12.1 Å². The van der Waals surface area contributed by atoms with Gasteiger partial charge in [0, 0.05) is 31.9 Å². The number of ether oxygens (including phenoxy) is 1. The second-order valence-corrected chi connectivity index (χ2v) is 6.00. The van der Waals surface area contributed by atoms with Gasteiger partial charge < -0.3 is 19.9 Å². The third-order valence-corrected chi connectivity index (χ3v) is 4.12. The Morgan fingerprint density at radius 3 is 2.17 bits per heavy atom. The number of benzene rings is 1. The minimum Gasteiger partial charge on any atom is -0.453 e. The van der Waals surface area contributed by atoms with Crippen molar-refractivity contribution in [3.8, 4) is 0 Å². The molecule has 23 heavy (non-hydrogen) atoms. The maximum absolute atomic E-state index is 12.5. The van der Waals surface area contributed by atoms with Crippen LogP contribution in [0, 0.1) is 20.8 Å². The zero-order chi connectivity index (χ0) is 17.0. The van der Waals surface area contributed by atoms with Crippen molar-refractivity contribution in [3.05, 3.63) is 28.8 Å². The number of hydrogen-bond acceptors (Lipinski definition) is 3. The van der Waals surface area contributed by atoms with Gasteiger partial charge in [0.25, 0.3) is 0 Å². The minimum absolute atomic E-state index is 0.119. The second-order valence-electron chi connectivity index (χ2n) is 6.00. The minimum atomic E-state index is -0.336. The van der Waals surface area contributed by atoms with Gasteiger partial charge in [-0.2, -0.15) is 0 Å². The Hall–Kier alpha value is -2.24. The second kappa shape index (κ2) is 7.35. The molecule has 0 atom stereocenters. The fraction of sp³-hybridized carbons (Fsp3) is 0.529. The van der Waals surface area contributed by atoms with Crippen LogP contribution in [-0.2, 0) is 4.74 Å². The molecular formula is C17H25N3O3. The highest BCUT2D eigenvalue weighted by molar-refractivity contribution is 5.91. The molecule has 3 amide bonds. The van der Waals surface area contributed by atoms with E-state index in [1.807, 2.05) is 20.8 Å². The number of amides is 3. The van der Waals surface area contributed by atoms with E-state index >= 15 is 0 Å². The van der Waals surface area contributed by atoms with Gasteiger partial charge in [-0.25, -0.2) is 9.59 Å². The van der Waals surface area contributed by atoms with Gasteiger partial charge in [-0.15, -0.1) is 0 Å². The third-order valence-electron chi connectivity index (χ3n) is 4.12. The first kappa shape index (κ1) is 17.1. The molecule has 1 heterocycles. The molecule has 0 aromatic heterocycles. The Morgan fingerprint density at radius 2 is 1.57 bits per heavy atom. The Morgan fingerprint density at radius 1 is 1.00 bits per heavy atom. The summed E-state index contributed by atoms with van der Waals surface area (Å²) in [5, 5.41) is 3.01. The smallest absolute Gasteiger partial charge is 0.409 e. The highest BCUT2D eigenvalue weighted by Gasteiger charge is 2.22. The fourth-order valence-corrected chi connectivity index (χ4v) is 3.00. The average Bonchev–Trinajstić information content (AvgIpc) is 2.76. The summed E-state index contributed by atoms with van der Waals surface area (Å²) in [4.78, 5) is 27.5. The molecule has 0 spiro atoms. The number of methoxy groups -OCH3 is 1. The Kier molecular flexibility index (Phi) is 5.47. The first-order valence-electron chi connectivity index (χ1n) is 7.89. The van der Waals surface area contributed by atoms with Crippen LogP contribution >= 0.6 is 0 Å². The summed E-state index contributed by atoms with van der Waals surface area (Å²) in [5.41, 5.74) is 4.17. The SMILES string of the molecule is COC(=O)N1CCCN(C(=O)Nc2c(C)cc(C)cc2C)CC1. The Labute approximate surface area is 137 Å². The van der Waals surface area contributed by atoms with Crippen molar-refractivity contribution in [3.63, 3.8) is 0 Å². The van der Waals surface area contributed by atoms with Gasteiger partial charge in [-0.3, -0.25) is 0 Å². The van der Waals surface area contributed by atoms with Crippen LogP contribution in [0.25, 0.3) is 0 Å². The number of aryl methyl sites for hydroxylation is 3. The van der Waals surface area contributed by atoms with E-state index in [2.05, 4.69) is 17.4 Å². The molecule has 2 rings (SSSR count). The molecule has 6 nitrogen and oxygen atoms in total. The zero-order valence-electron chi connectivity index (χ0n) is 14.3. The number of nitrogens with one attached hydrogen (secondary N) is 1. The lowest BCUT2D eigenvalue weighted by Crippen LogP contribution is -2.39. The molecule has 1 fully saturated rings. The summed E-state index contributed by atoms with van der Waals surface area (Å²) in [6.07, 6.45) is 0.409. The van der Waals surface area contributed by atoms with Crippen LogP contribution in [0.1, 0.15) is 23.1 Å². The fourth-order valence-electron chi connectivity index (χ4n) is 3.00. The highest BCUT2D eigenvalue weighted by Crippen LogP contribution is 2.22. The van der Waals surface area contributed by atoms with E-state index in [-0.39, 0.29) is 12.1 Å². The van der Waals surface area contributed by atoms with E-state index in [1.54, 1.807) is 9.80 Å². The van der Waals surface area contributed by atoms with Crippen molar-refractivity contribution in [2.75, 3.05) is 38.6 Å². The van der Waals surface area contributed by atoms with Crippen LogP contribution in [0.3, 0.4) is 0 Å². The average molecular weight is 319 g/mol. The molecule has 0 aliphatic carbocycles. The van der Waals surface area contributed by atoms with E-state index in [1.165, 1.54) is 12.7 Å². The van der Waals surface area contributed by atoms with Crippen molar-refractivity contribution in [2.45, 2.75) is 27.2 Å². The van der Waals surface area contributed by atoms with Crippen molar-refractivity contribution in [2.24, 2.45) is 0 Å². The lowest BCUT2D eigenvalue weighted by atomic mass is 10.1. The summed E-state index contributed by atoms with van der Waals surface area (Å²) < 4.78 is 4.75. The molecule has 1 aliphatic rings. The summed E-state index contributed by atoms with van der Waals surface area (Å²) in [7, 11) is 1.38. The quantitative estimate of drug-likeness (QED) is 0.866. The number of anilines is 1. The van der Waals surface area contributed by atoms with E-state index < -0.39 is 0 Å². The molecule has 126 valence electrons. The summed E-state index contributed by atoms with van der Waals surface area (Å²) in [6.45, 7) is 8.27. The van der Waals surface area contributed by atoms with Crippen molar-refractivity contribution in [1.82, 2.24) is 9.80 Å². The lowest BCUT2D eigenvalue weighted by Gasteiger charge is -2.23. The lowest BCUT2D eigenvalue weighted by molar-refractivity contribution is 0.125. The number of carbonyl (C=O) groups excluding carboxylic acids is 2. The number of nitrogens with zero attached hydrogens (tertiary/aromatic N) is 2. The molecule has 0 saturated carbocycles. The molecule has 1 aliphatic heterocycles. The first-order chi connectivity index (χ1) is 10.9. The molecule has 0 radical (unpaired) electrons. The highest BCUT2D eigenvalue weighted by atomic mass is 16.5. The van der Waals surface area contributed by atoms with E-state index in [0.29, 0.717) is 26.2 Å². The van der Waals surface area contributed by atoms with Crippen LogP contribution in [0.2, 0.25) is 0 Å². The Bertz CT molecular complexity index is 578. The monoisotopic (exact) mass is 319 g/mol. The molecule has 1 aromatic rings. The number of carbonyl (C=O) groups is 2. The van der Waals surface area contributed by atoms with Crippen molar-refractivity contribution in [1.29, 1.82) is 0 Å². The van der Waals surface area contributed by atoms with Crippen LogP contribution in [0.5, 0.6) is 0 Å². The predicted molar refractivity (Wildman–Crippen MR) is 89.8 cm³/mol. The largest absolute Gasteiger partial charge is 0.453 e. The molecule has 0 unspecified atom stereocenters. The van der Waals surface area contributed by atoms with E-state index in [4.69, 9.17) is 4.74 Å². The van der Waals surface area contributed by atoms with Gasteiger partial charge in [0.2, 0.25) is 0 Å². The van der Waals surface area contributed by atoms with Gasteiger partial charge in [0.15, 0.2) is 0 Å². The van der Waals surface area contributed by atoms with Gasteiger partial charge >= 0.3 is 12.1 Å². The van der Waals surface area contributed by atoms with Crippen LogP contribution in [-0.4, -0.2) is 55.2 Å². The zero-order valence-corrected chi connectivity index (χ0v) is 14.3. The van der Waals surface area contributed by atoms with Gasteiger partial charge in [0.1, 0.15) is 0 Å². The molecular weight excluding hydrogens is 294 g/mol. The number of rotatable bonds is 1.